The summed E-state index contributed by atoms with van der Waals surface area (Å²) in [7, 11) is 0. The highest BCUT2D eigenvalue weighted by molar-refractivity contribution is 5.77. The van der Waals surface area contributed by atoms with Crippen LogP contribution >= 0.6 is 0 Å². The highest BCUT2D eigenvalue weighted by atomic mass is 16.5. The molecule has 1 heterocycles. The number of rotatable bonds is 7. The fraction of sp³-hybridized carbons (Fsp3) is 0.455. The lowest BCUT2D eigenvalue weighted by Crippen LogP contribution is -2.33. The molecular formula is C11H15NO5. The number of likely N-dealkylation sites (N-methyl/N-ethyl adjacent to an activating group) is 1. The summed E-state index contributed by atoms with van der Waals surface area (Å²) in [5, 5.41) is 8.36. The normalized spacial score (nSPS) is 10.2. The van der Waals surface area contributed by atoms with Gasteiger partial charge < -0.3 is 19.2 Å². The van der Waals surface area contributed by atoms with Gasteiger partial charge in [0.25, 0.3) is 0 Å². The Labute approximate surface area is 98.8 Å². The van der Waals surface area contributed by atoms with Crippen LogP contribution in [0.25, 0.3) is 0 Å². The van der Waals surface area contributed by atoms with E-state index in [2.05, 4.69) is 0 Å². The maximum atomic E-state index is 11.6. The van der Waals surface area contributed by atoms with E-state index in [9.17, 15) is 9.59 Å². The molecule has 0 unspecified atom stereocenters. The summed E-state index contributed by atoms with van der Waals surface area (Å²) < 4.78 is 9.87. The molecule has 0 saturated carbocycles. The summed E-state index contributed by atoms with van der Waals surface area (Å²) in [5.74, 6) is -0.671. The Morgan fingerprint density at radius 1 is 1.47 bits per heavy atom. The second kappa shape index (κ2) is 6.70. The number of furan rings is 1. The van der Waals surface area contributed by atoms with E-state index < -0.39 is 12.6 Å². The van der Waals surface area contributed by atoms with E-state index in [0.29, 0.717) is 18.8 Å². The van der Waals surface area contributed by atoms with Crippen molar-refractivity contribution in [1.29, 1.82) is 0 Å². The monoisotopic (exact) mass is 241 g/mol. The van der Waals surface area contributed by atoms with E-state index in [-0.39, 0.29) is 12.5 Å². The van der Waals surface area contributed by atoms with Gasteiger partial charge in [0.05, 0.1) is 12.8 Å². The quantitative estimate of drug-likeness (QED) is 0.761. The molecule has 6 heteroatoms. The zero-order valence-electron chi connectivity index (χ0n) is 9.59. The molecule has 0 fully saturated rings. The minimum absolute atomic E-state index is 0.235. The molecule has 94 valence electrons. The van der Waals surface area contributed by atoms with Crippen LogP contribution in [0.4, 0.5) is 0 Å². The average molecular weight is 241 g/mol. The van der Waals surface area contributed by atoms with Gasteiger partial charge in [-0.1, -0.05) is 0 Å². The van der Waals surface area contributed by atoms with E-state index in [4.69, 9.17) is 14.3 Å². The van der Waals surface area contributed by atoms with Crippen LogP contribution in [0.2, 0.25) is 0 Å². The average Bonchev–Trinajstić information content (AvgIpc) is 2.77. The lowest BCUT2D eigenvalue weighted by molar-refractivity contribution is -0.146. The molecule has 1 N–H and O–H groups in total. The molecule has 1 amide bonds. The molecular weight excluding hydrogens is 226 g/mol. The minimum Gasteiger partial charge on any atom is -0.480 e. The van der Waals surface area contributed by atoms with Crippen LogP contribution in [0.5, 0.6) is 0 Å². The van der Waals surface area contributed by atoms with Gasteiger partial charge in [-0.3, -0.25) is 4.79 Å². The zero-order chi connectivity index (χ0) is 12.7. The molecule has 17 heavy (non-hydrogen) atoms. The van der Waals surface area contributed by atoms with Crippen molar-refractivity contribution in [2.75, 3.05) is 19.8 Å². The van der Waals surface area contributed by atoms with Crippen molar-refractivity contribution in [3.05, 3.63) is 24.2 Å². The van der Waals surface area contributed by atoms with Gasteiger partial charge >= 0.3 is 5.97 Å². The summed E-state index contributed by atoms with van der Waals surface area (Å²) in [4.78, 5) is 23.4. The summed E-state index contributed by atoms with van der Waals surface area (Å²) in [6.45, 7) is 2.00. The SMILES string of the molecule is CCN(Cc1ccco1)C(=O)COCC(=O)O. The molecule has 1 aromatic rings. The number of carboxylic acids is 1. The number of carbonyl (C=O) groups excluding carboxylic acids is 1. The smallest absolute Gasteiger partial charge is 0.329 e. The predicted molar refractivity (Wildman–Crippen MR) is 58.3 cm³/mol. The lowest BCUT2D eigenvalue weighted by atomic mass is 10.4. The van der Waals surface area contributed by atoms with Gasteiger partial charge in [0, 0.05) is 6.54 Å². The Hall–Kier alpha value is -1.82. The van der Waals surface area contributed by atoms with Crippen molar-refractivity contribution in [2.45, 2.75) is 13.5 Å². The van der Waals surface area contributed by atoms with Crippen molar-refractivity contribution in [3.63, 3.8) is 0 Å². The number of amides is 1. The Morgan fingerprint density at radius 2 is 2.24 bits per heavy atom. The number of hydrogen-bond donors (Lipinski definition) is 1. The third-order valence-electron chi connectivity index (χ3n) is 2.11. The van der Waals surface area contributed by atoms with Gasteiger partial charge in [-0.15, -0.1) is 0 Å². The third-order valence-corrected chi connectivity index (χ3v) is 2.11. The minimum atomic E-state index is -1.09. The van der Waals surface area contributed by atoms with Gasteiger partial charge in [-0.2, -0.15) is 0 Å². The number of hydrogen-bond acceptors (Lipinski definition) is 4. The third kappa shape index (κ3) is 4.69. The molecule has 0 saturated heterocycles. The maximum Gasteiger partial charge on any atom is 0.329 e. The largest absolute Gasteiger partial charge is 0.480 e. The van der Waals surface area contributed by atoms with Crippen LogP contribution in [0.1, 0.15) is 12.7 Å². The number of aliphatic carboxylic acids is 1. The second-order valence-corrected chi connectivity index (χ2v) is 3.37. The standard InChI is InChI=1S/C11H15NO5/c1-2-12(6-9-4-3-5-17-9)10(13)7-16-8-11(14)15/h3-5H,2,6-8H2,1H3,(H,14,15). The van der Waals surface area contributed by atoms with E-state index in [0.717, 1.165) is 0 Å². The van der Waals surface area contributed by atoms with E-state index in [1.807, 2.05) is 6.92 Å². The predicted octanol–water partition coefficient (Wildman–Crippen LogP) is 0.729. The molecule has 0 spiro atoms. The maximum absolute atomic E-state index is 11.6. The molecule has 0 atom stereocenters. The van der Waals surface area contributed by atoms with Gasteiger partial charge in [-0.05, 0) is 19.1 Å². The van der Waals surface area contributed by atoms with Crippen molar-refractivity contribution in [1.82, 2.24) is 4.90 Å². The summed E-state index contributed by atoms with van der Waals surface area (Å²) in [5.41, 5.74) is 0. The lowest BCUT2D eigenvalue weighted by Gasteiger charge is -2.19. The van der Waals surface area contributed by atoms with Crippen LogP contribution in [-0.4, -0.2) is 41.6 Å². The highest BCUT2D eigenvalue weighted by Gasteiger charge is 2.13. The van der Waals surface area contributed by atoms with Crippen LogP contribution in [0.3, 0.4) is 0 Å². The number of carboxylic acid groups (broad SMARTS) is 1. The van der Waals surface area contributed by atoms with Crippen LogP contribution in [0.15, 0.2) is 22.8 Å². The first-order valence-corrected chi connectivity index (χ1v) is 5.23. The summed E-state index contributed by atoms with van der Waals surface area (Å²) in [6.07, 6.45) is 1.54. The van der Waals surface area contributed by atoms with Crippen molar-refractivity contribution < 1.29 is 23.8 Å². The molecule has 0 bridgehead atoms. The molecule has 0 aliphatic rings. The first-order chi connectivity index (χ1) is 8.13. The number of nitrogens with zero attached hydrogens (tertiary/aromatic N) is 1. The van der Waals surface area contributed by atoms with E-state index >= 15 is 0 Å². The highest BCUT2D eigenvalue weighted by Crippen LogP contribution is 2.05. The Kier molecular flexibility index (Phi) is 5.22. The van der Waals surface area contributed by atoms with Gasteiger partial charge in [0.2, 0.25) is 5.91 Å². The number of ether oxygens (including phenoxy) is 1. The summed E-state index contributed by atoms with van der Waals surface area (Å²) >= 11 is 0. The molecule has 1 rings (SSSR count). The molecule has 6 nitrogen and oxygen atoms in total. The number of carbonyl (C=O) groups is 2. The van der Waals surface area contributed by atoms with Gasteiger partial charge in [0.1, 0.15) is 19.0 Å². The Balaban J connectivity index is 2.38. The molecule has 1 aromatic heterocycles. The topological polar surface area (TPSA) is 80.0 Å². The van der Waals surface area contributed by atoms with Gasteiger partial charge in [0.15, 0.2) is 0 Å². The first-order valence-electron chi connectivity index (χ1n) is 5.23. The summed E-state index contributed by atoms with van der Waals surface area (Å²) in [6, 6.07) is 3.52. The van der Waals surface area contributed by atoms with Crippen molar-refractivity contribution in [2.24, 2.45) is 0 Å². The fourth-order valence-electron chi connectivity index (χ4n) is 1.28. The molecule has 0 aliphatic carbocycles. The van der Waals surface area contributed by atoms with Crippen LogP contribution < -0.4 is 0 Å². The van der Waals surface area contributed by atoms with E-state index in [1.165, 1.54) is 11.2 Å². The fourth-order valence-corrected chi connectivity index (χ4v) is 1.28. The molecule has 0 aliphatic heterocycles. The van der Waals surface area contributed by atoms with Crippen molar-refractivity contribution >= 4 is 11.9 Å². The second-order valence-electron chi connectivity index (χ2n) is 3.37. The first kappa shape index (κ1) is 13.2. The Bertz CT molecular complexity index is 360. The molecule has 0 aromatic carbocycles. The zero-order valence-corrected chi connectivity index (χ0v) is 9.59. The van der Waals surface area contributed by atoms with E-state index in [1.54, 1.807) is 12.1 Å². The van der Waals surface area contributed by atoms with Crippen molar-refractivity contribution in [3.8, 4) is 0 Å². The molecule has 0 radical (unpaired) electrons. The van der Waals surface area contributed by atoms with Crippen LogP contribution in [0, 0.1) is 0 Å². The van der Waals surface area contributed by atoms with Crippen LogP contribution in [-0.2, 0) is 20.9 Å². The van der Waals surface area contributed by atoms with Gasteiger partial charge in [-0.25, -0.2) is 4.79 Å². The Morgan fingerprint density at radius 3 is 2.76 bits per heavy atom.